The van der Waals surface area contributed by atoms with Crippen LogP contribution in [-0.4, -0.2) is 117 Å². The number of hydrogen-bond acceptors (Lipinski definition) is 13. The molecule has 7 N–H and O–H groups in total. The van der Waals surface area contributed by atoms with Gasteiger partial charge in [0.2, 0.25) is 12.0 Å². The Balaban J connectivity index is 1.74. The summed E-state index contributed by atoms with van der Waals surface area (Å²) in [4.78, 5) is 11.8. The molecule has 1 aromatic rings. The molecule has 0 unspecified atom stereocenters. The van der Waals surface area contributed by atoms with E-state index in [-0.39, 0.29) is 22.8 Å². The normalized spacial score (nSPS) is 36.5. The van der Waals surface area contributed by atoms with Crippen LogP contribution in [-0.2, 0) is 14.2 Å². The fourth-order valence-electron chi connectivity index (χ4n) is 3.43. The maximum Gasteiger partial charge on any atom is 0.229 e. The van der Waals surface area contributed by atoms with E-state index in [9.17, 15) is 40.5 Å². The Morgan fingerprint density at radius 2 is 1.79 bits per heavy atom. The molecule has 0 amide bonds. The molecule has 0 aromatic heterocycles. The van der Waals surface area contributed by atoms with Crippen LogP contribution >= 0.6 is 0 Å². The average molecular weight is 476 g/mol. The number of phenolic OH excluding ortho intramolecular Hbond substituents is 1. The van der Waals surface area contributed by atoms with Crippen LogP contribution in [0, 0.1) is 0 Å². The summed E-state index contributed by atoms with van der Waals surface area (Å²) in [5.74, 6) is -1.21. The van der Waals surface area contributed by atoms with Crippen LogP contribution in [0.4, 0.5) is 0 Å². The van der Waals surface area contributed by atoms with Gasteiger partial charge in [0.25, 0.3) is 0 Å². The number of ether oxygens (including phenoxy) is 5. The van der Waals surface area contributed by atoms with Crippen molar-refractivity contribution in [1.82, 2.24) is 0 Å². The molecule has 13 heteroatoms. The summed E-state index contributed by atoms with van der Waals surface area (Å²) >= 11 is 0. The van der Waals surface area contributed by atoms with Gasteiger partial charge < -0.3 is 59.4 Å². The zero-order valence-electron chi connectivity index (χ0n) is 17.9. The van der Waals surface area contributed by atoms with E-state index >= 15 is 0 Å². The Hall–Kier alpha value is -2.07. The standard InChI is InChI=1S/C20H28O13/c1-8(22)9-3-10(29-2)13(23)11(4-9)32-18-16(26)15(25)14(24)12(33-18)5-30-19-17(27)20(28,6-21)7-31-19/h3-4,12,14-19,21,23-28H,5-7H2,1-2H3/t12-,14-,15+,16-,17+,18-,19-,20-/m1/s1. The number of rotatable bonds is 8. The molecule has 186 valence electrons. The highest BCUT2D eigenvalue weighted by Crippen LogP contribution is 2.39. The molecule has 3 rings (SSSR count). The molecule has 0 aliphatic carbocycles. The molecule has 0 spiro atoms. The van der Waals surface area contributed by atoms with Crippen molar-refractivity contribution in [3.63, 3.8) is 0 Å². The van der Waals surface area contributed by atoms with Gasteiger partial charge in [0.05, 0.1) is 26.9 Å². The number of hydrogen-bond donors (Lipinski definition) is 7. The van der Waals surface area contributed by atoms with Gasteiger partial charge in [0.15, 0.2) is 23.6 Å². The third kappa shape index (κ3) is 5.06. The number of carbonyl (C=O) groups is 1. The lowest BCUT2D eigenvalue weighted by molar-refractivity contribution is -0.289. The van der Waals surface area contributed by atoms with E-state index in [0.29, 0.717) is 0 Å². The van der Waals surface area contributed by atoms with Crippen LogP contribution in [0.1, 0.15) is 17.3 Å². The number of aliphatic hydroxyl groups excluding tert-OH is 5. The molecule has 2 aliphatic rings. The highest BCUT2D eigenvalue weighted by atomic mass is 16.7. The van der Waals surface area contributed by atoms with Crippen molar-refractivity contribution in [2.24, 2.45) is 0 Å². The molecule has 2 heterocycles. The van der Waals surface area contributed by atoms with Crippen LogP contribution < -0.4 is 9.47 Å². The largest absolute Gasteiger partial charge is 0.502 e. The van der Waals surface area contributed by atoms with Gasteiger partial charge in [-0.1, -0.05) is 0 Å². The molecule has 8 atom stereocenters. The summed E-state index contributed by atoms with van der Waals surface area (Å²) in [6, 6.07) is 2.48. The number of carbonyl (C=O) groups excluding carboxylic acids is 1. The Labute approximate surface area is 188 Å². The van der Waals surface area contributed by atoms with Crippen LogP contribution in [0.3, 0.4) is 0 Å². The number of ketones is 1. The van der Waals surface area contributed by atoms with Gasteiger partial charge in [-0.05, 0) is 19.1 Å². The second-order valence-corrected chi connectivity index (χ2v) is 7.93. The van der Waals surface area contributed by atoms with Crippen molar-refractivity contribution >= 4 is 5.78 Å². The SMILES string of the molecule is COc1cc(C(C)=O)cc(O[C@@H]2O[C@H](CO[C@@H]3OC[C@](O)(CO)[C@H]3O)[C@@H](O)[C@H](O)[C@H]2O)c1O. The first-order valence-electron chi connectivity index (χ1n) is 10.0. The molecular weight excluding hydrogens is 448 g/mol. The lowest BCUT2D eigenvalue weighted by Gasteiger charge is -2.40. The van der Waals surface area contributed by atoms with Gasteiger partial charge in [-0.25, -0.2) is 0 Å². The van der Waals surface area contributed by atoms with Gasteiger partial charge in [0.1, 0.15) is 36.1 Å². The van der Waals surface area contributed by atoms with E-state index in [4.69, 9.17) is 23.7 Å². The van der Waals surface area contributed by atoms with E-state index in [2.05, 4.69) is 0 Å². The van der Waals surface area contributed by atoms with Crippen molar-refractivity contribution in [1.29, 1.82) is 0 Å². The molecular formula is C20H28O13. The Morgan fingerprint density at radius 1 is 1.12 bits per heavy atom. The zero-order valence-corrected chi connectivity index (χ0v) is 17.9. The monoisotopic (exact) mass is 476 g/mol. The molecule has 2 fully saturated rings. The quantitative estimate of drug-likeness (QED) is 0.190. The minimum absolute atomic E-state index is 0.0767. The van der Waals surface area contributed by atoms with E-state index in [1.165, 1.54) is 26.2 Å². The third-order valence-corrected chi connectivity index (χ3v) is 5.58. The Kier molecular flexibility index (Phi) is 7.78. The minimum atomic E-state index is -1.92. The van der Waals surface area contributed by atoms with Crippen molar-refractivity contribution in [2.45, 2.75) is 55.6 Å². The van der Waals surface area contributed by atoms with E-state index in [1.54, 1.807) is 0 Å². The van der Waals surface area contributed by atoms with E-state index < -0.39 is 74.3 Å². The van der Waals surface area contributed by atoms with E-state index in [0.717, 1.165) is 0 Å². The van der Waals surface area contributed by atoms with Gasteiger partial charge in [-0.2, -0.15) is 0 Å². The summed E-state index contributed by atoms with van der Waals surface area (Å²) in [5, 5.41) is 70.4. The Bertz CT molecular complexity index is 847. The van der Waals surface area contributed by atoms with Crippen LogP contribution in [0.15, 0.2) is 12.1 Å². The first kappa shape index (κ1) is 25.6. The van der Waals surface area contributed by atoms with Gasteiger partial charge in [-0.3, -0.25) is 4.79 Å². The number of phenols is 1. The van der Waals surface area contributed by atoms with Crippen LogP contribution in [0.5, 0.6) is 17.2 Å². The van der Waals surface area contributed by atoms with Crippen LogP contribution in [0.2, 0.25) is 0 Å². The number of methoxy groups -OCH3 is 1. The minimum Gasteiger partial charge on any atom is -0.502 e. The molecule has 13 nitrogen and oxygen atoms in total. The lowest BCUT2D eigenvalue weighted by Crippen LogP contribution is -2.60. The second kappa shape index (κ2) is 10.0. The van der Waals surface area contributed by atoms with E-state index in [1.807, 2.05) is 0 Å². The van der Waals surface area contributed by atoms with Crippen molar-refractivity contribution < 1.29 is 64.2 Å². The van der Waals surface area contributed by atoms with Crippen LogP contribution in [0.25, 0.3) is 0 Å². The predicted octanol–water partition coefficient (Wildman–Crippen LogP) is -2.75. The summed E-state index contributed by atoms with van der Waals surface area (Å²) in [6.07, 6.45) is -11.0. The molecule has 0 bridgehead atoms. The number of benzene rings is 1. The first-order valence-corrected chi connectivity index (χ1v) is 10.0. The molecule has 2 aliphatic heterocycles. The smallest absolute Gasteiger partial charge is 0.229 e. The fraction of sp³-hybridized carbons (Fsp3) is 0.650. The summed E-state index contributed by atoms with van der Waals surface area (Å²) in [7, 11) is 1.26. The third-order valence-electron chi connectivity index (χ3n) is 5.58. The number of aliphatic hydroxyl groups is 6. The molecule has 0 radical (unpaired) electrons. The Morgan fingerprint density at radius 3 is 2.36 bits per heavy atom. The summed E-state index contributed by atoms with van der Waals surface area (Å²) in [5.41, 5.74) is -1.79. The van der Waals surface area contributed by atoms with Crippen molar-refractivity contribution in [3.05, 3.63) is 17.7 Å². The lowest BCUT2D eigenvalue weighted by atomic mass is 9.99. The number of Topliss-reactive ketones (excluding diaryl/α,β-unsaturated/α-hetero) is 1. The van der Waals surface area contributed by atoms with Gasteiger partial charge in [-0.15, -0.1) is 0 Å². The summed E-state index contributed by atoms with van der Waals surface area (Å²) < 4.78 is 26.4. The fourth-order valence-corrected chi connectivity index (χ4v) is 3.43. The maximum absolute atomic E-state index is 11.8. The molecule has 2 saturated heterocycles. The topological polar surface area (TPSA) is 205 Å². The van der Waals surface area contributed by atoms with Gasteiger partial charge in [0, 0.05) is 5.56 Å². The predicted molar refractivity (Wildman–Crippen MR) is 106 cm³/mol. The maximum atomic E-state index is 11.8. The highest BCUT2D eigenvalue weighted by molar-refractivity contribution is 5.95. The van der Waals surface area contributed by atoms with Crippen molar-refractivity contribution in [2.75, 3.05) is 26.9 Å². The van der Waals surface area contributed by atoms with Crippen molar-refractivity contribution in [3.8, 4) is 17.2 Å². The molecule has 1 aromatic carbocycles. The summed E-state index contributed by atoms with van der Waals surface area (Å²) in [6.45, 7) is -0.364. The molecule has 33 heavy (non-hydrogen) atoms. The second-order valence-electron chi connectivity index (χ2n) is 7.93. The molecule has 0 saturated carbocycles. The zero-order chi connectivity index (χ0) is 24.5. The number of aromatic hydroxyl groups is 1. The average Bonchev–Trinajstić information content (AvgIpc) is 3.08. The van der Waals surface area contributed by atoms with Gasteiger partial charge >= 0.3 is 0 Å². The highest BCUT2D eigenvalue weighted by Gasteiger charge is 2.50. The first-order chi connectivity index (χ1) is 15.5.